The van der Waals surface area contributed by atoms with E-state index in [0.29, 0.717) is 13.0 Å². The van der Waals surface area contributed by atoms with Gasteiger partial charge in [-0.05, 0) is 25.5 Å². The highest BCUT2D eigenvalue weighted by Crippen LogP contribution is 2.44. The maximum Gasteiger partial charge on any atom is 0.290 e. The van der Waals surface area contributed by atoms with E-state index in [1.54, 1.807) is 6.07 Å². The molecular formula is C25H19Cl2N5O5. The molecule has 3 aromatic rings. The van der Waals surface area contributed by atoms with Crippen molar-refractivity contribution in [2.75, 3.05) is 12.0 Å². The van der Waals surface area contributed by atoms with Crippen LogP contribution in [0.15, 0.2) is 39.3 Å². The second-order valence-corrected chi connectivity index (χ2v) is 9.00. The average molecular weight is 540 g/mol. The molecule has 2 aromatic carbocycles. The van der Waals surface area contributed by atoms with Gasteiger partial charge in [-0.3, -0.25) is 14.4 Å². The van der Waals surface area contributed by atoms with Crippen LogP contribution < -0.4 is 11.0 Å². The van der Waals surface area contributed by atoms with Gasteiger partial charge in [-0.2, -0.15) is 9.94 Å². The number of ketones is 2. The minimum atomic E-state index is -0.762. The van der Waals surface area contributed by atoms with Gasteiger partial charge in [0.25, 0.3) is 5.56 Å². The fourth-order valence-corrected chi connectivity index (χ4v) is 4.59. The van der Waals surface area contributed by atoms with Gasteiger partial charge in [-0.15, -0.1) is 10.2 Å². The third-order valence-electron chi connectivity index (χ3n) is 5.91. The van der Waals surface area contributed by atoms with Crippen LogP contribution in [0.4, 0.5) is 11.4 Å². The number of phenolic OH excluding ortho intramolecular Hbond substituents is 1. The van der Waals surface area contributed by atoms with Gasteiger partial charge >= 0.3 is 0 Å². The van der Waals surface area contributed by atoms with Gasteiger partial charge in [-0.1, -0.05) is 48.7 Å². The highest BCUT2D eigenvalue weighted by Gasteiger charge is 2.37. The number of carbonyl (C=O) groups excluding carboxylic acids is 2. The summed E-state index contributed by atoms with van der Waals surface area (Å²) in [7, 11) is 0. The molecule has 0 fully saturated rings. The topological polar surface area (TPSA) is 157 Å². The lowest BCUT2D eigenvalue weighted by atomic mass is 9.82. The zero-order valence-electron chi connectivity index (χ0n) is 19.6. The number of pyridine rings is 1. The van der Waals surface area contributed by atoms with Crippen LogP contribution in [0.1, 0.15) is 62.7 Å². The smallest absolute Gasteiger partial charge is 0.290 e. The summed E-state index contributed by atoms with van der Waals surface area (Å²) in [5.74, 6) is -2.37. The largest absolute Gasteiger partial charge is 0.507 e. The third kappa shape index (κ3) is 4.22. The second kappa shape index (κ2) is 10.0. The van der Waals surface area contributed by atoms with E-state index >= 15 is 0 Å². The highest BCUT2D eigenvalue weighted by molar-refractivity contribution is 6.43. The van der Waals surface area contributed by atoms with Crippen LogP contribution in [0, 0.1) is 18.3 Å². The lowest BCUT2D eigenvalue weighted by Gasteiger charge is -2.21. The van der Waals surface area contributed by atoms with Crippen LogP contribution >= 0.6 is 23.2 Å². The number of hydrogen-bond acceptors (Lipinski definition) is 9. The quantitative estimate of drug-likeness (QED) is 0.222. The molecule has 0 amide bonds. The van der Waals surface area contributed by atoms with Gasteiger partial charge in [-0.25, -0.2) is 0 Å². The Labute approximate surface area is 220 Å². The zero-order valence-corrected chi connectivity index (χ0v) is 21.1. The summed E-state index contributed by atoms with van der Waals surface area (Å²) >= 11 is 12.6. The summed E-state index contributed by atoms with van der Waals surface area (Å²) in [5, 5.41) is 38.5. The number of aromatic nitrogens is 1. The van der Waals surface area contributed by atoms with E-state index in [4.69, 9.17) is 23.2 Å². The molecule has 12 heteroatoms. The average Bonchev–Trinajstić information content (AvgIpc) is 2.85. The summed E-state index contributed by atoms with van der Waals surface area (Å²) in [4.78, 5) is 39.3. The van der Waals surface area contributed by atoms with Gasteiger partial charge in [0, 0.05) is 17.7 Å². The lowest BCUT2D eigenvalue weighted by molar-refractivity contribution is 0.0977. The minimum absolute atomic E-state index is 0.0259. The molecule has 0 spiro atoms. The van der Waals surface area contributed by atoms with Crippen LogP contribution in [-0.2, 0) is 0 Å². The first-order valence-electron chi connectivity index (χ1n) is 11.1. The van der Waals surface area contributed by atoms with E-state index in [0.717, 1.165) is 11.1 Å². The molecule has 37 heavy (non-hydrogen) atoms. The Bertz CT molecular complexity index is 1620. The predicted octanol–water partition coefficient (Wildman–Crippen LogP) is 5.28. The number of azo groups is 1. The maximum absolute atomic E-state index is 13.4. The summed E-state index contributed by atoms with van der Waals surface area (Å²) in [6.45, 7) is 3.69. The van der Waals surface area contributed by atoms with Crippen LogP contribution in [0.3, 0.4) is 0 Å². The SMILES string of the molecule is CCCCNn1c(O)c(/N=N/c2c(Cl)cc(Cl)c3c2C(=O)c2c(O)cccc2C3=O)c(C)c(C#N)c1=O. The van der Waals surface area contributed by atoms with Crippen molar-refractivity contribution in [3.63, 3.8) is 0 Å². The number of nitriles is 1. The molecule has 0 bridgehead atoms. The van der Waals surface area contributed by atoms with Crippen molar-refractivity contribution in [3.8, 4) is 17.7 Å². The van der Waals surface area contributed by atoms with Gasteiger partial charge in [0.2, 0.25) is 11.7 Å². The van der Waals surface area contributed by atoms with E-state index in [-0.39, 0.29) is 54.8 Å². The first-order chi connectivity index (χ1) is 17.6. The van der Waals surface area contributed by atoms with Crippen LogP contribution in [0.2, 0.25) is 10.0 Å². The van der Waals surface area contributed by atoms with Crippen LogP contribution in [-0.4, -0.2) is 33.0 Å². The molecule has 3 N–H and O–H groups in total. The molecule has 0 saturated carbocycles. The summed E-state index contributed by atoms with van der Waals surface area (Å²) in [5.41, 5.74) is 0.624. The Morgan fingerprint density at radius 1 is 1.03 bits per heavy atom. The standard InChI is InChI=1S/C25H19Cl2N5O5/c1-3-4-8-29-32-24(36)13(10-28)11(2)20(25(32)37)30-31-21-15(27)9-14(26)18-19(21)23(35)17-12(22(18)34)6-5-7-16(17)33/h5-7,9,29,33,37H,3-4,8H2,1-2H3/b31-30+. The van der Waals surface area contributed by atoms with Crippen molar-refractivity contribution in [3.05, 3.63) is 78.0 Å². The molecule has 1 aliphatic rings. The first kappa shape index (κ1) is 25.9. The number of hydrogen-bond donors (Lipinski definition) is 3. The zero-order chi connectivity index (χ0) is 27.0. The maximum atomic E-state index is 13.4. The number of carbonyl (C=O) groups is 2. The Hall–Kier alpha value is -4.20. The number of unbranched alkanes of at least 4 members (excludes halogenated alkanes) is 1. The third-order valence-corrected chi connectivity index (χ3v) is 6.49. The van der Waals surface area contributed by atoms with Gasteiger partial charge in [0.05, 0.1) is 26.7 Å². The highest BCUT2D eigenvalue weighted by atomic mass is 35.5. The molecule has 188 valence electrons. The number of nitrogens with zero attached hydrogens (tertiary/aromatic N) is 4. The number of halogens is 2. The van der Waals surface area contributed by atoms with E-state index in [2.05, 4.69) is 15.7 Å². The van der Waals surface area contributed by atoms with Crippen molar-refractivity contribution in [2.45, 2.75) is 26.7 Å². The molecule has 10 nitrogen and oxygen atoms in total. The monoisotopic (exact) mass is 539 g/mol. The van der Waals surface area contributed by atoms with E-state index in [9.17, 15) is 29.9 Å². The van der Waals surface area contributed by atoms with Crippen molar-refractivity contribution >= 4 is 46.1 Å². The summed E-state index contributed by atoms with van der Waals surface area (Å²) < 4.78 is 0.803. The molecule has 4 rings (SSSR count). The lowest BCUT2D eigenvalue weighted by Crippen LogP contribution is -2.31. The normalized spacial score (nSPS) is 12.4. The van der Waals surface area contributed by atoms with E-state index < -0.39 is 28.8 Å². The molecule has 1 heterocycles. The van der Waals surface area contributed by atoms with Crippen molar-refractivity contribution in [1.82, 2.24) is 4.68 Å². The first-order valence-corrected chi connectivity index (χ1v) is 11.9. The van der Waals surface area contributed by atoms with Crippen LogP contribution in [0.5, 0.6) is 11.6 Å². The molecule has 0 unspecified atom stereocenters. The predicted molar refractivity (Wildman–Crippen MR) is 137 cm³/mol. The van der Waals surface area contributed by atoms with Gasteiger partial charge in [0.15, 0.2) is 11.5 Å². The Kier molecular flexibility index (Phi) is 7.03. The second-order valence-electron chi connectivity index (χ2n) is 8.18. The Balaban J connectivity index is 1.93. The number of aromatic hydroxyl groups is 2. The fraction of sp³-hybridized carbons (Fsp3) is 0.200. The van der Waals surface area contributed by atoms with Crippen molar-refractivity contribution < 1.29 is 19.8 Å². The minimum Gasteiger partial charge on any atom is -0.507 e. The summed E-state index contributed by atoms with van der Waals surface area (Å²) in [6, 6.07) is 7.12. The number of rotatable bonds is 6. The van der Waals surface area contributed by atoms with Gasteiger partial charge in [0.1, 0.15) is 23.1 Å². The number of benzene rings is 2. The van der Waals surface area contributed by atoms with Gasteiger partial charge < -0.3 is 15.6 Å². The fourth-order valence-electron chi connectivity index (χ4n) is 4.00. The number of phenols is 1. The van der Waals surface area contributed by atoms with Crippen LogP contribution in [0.25, 0.3) is 0 Å². The molecular weight excluding hydrogens is 521 g/mol. The summed E-state index contributed by atoms with van der Waals surface area (Å²) in [6.07, 6.45) is 1.51. The van der Waals surface area contributed by atoms with E-state index in [1.165, 1.54) is 31.2 Å². The molecule has 0 radical (unpaired) electrons. The van der Waals surface area contributed by atoms with Crippen molar-refractivity contribution in [2.24, 2.45) is 10.2 Å². The molecule has 1 aromatic heterocycles. The molecule has 1 aliphatic carbocycles. The Morgan fingerprint density at radius 2 is 1.73 bits per heavy atom. The van der Waals surface area contributed by atoms with Crippen molar-refractivity contribution in [1.29, 1.82) is 5.26 Å². The Morgan fingerprint density at radius 3 is 2.41 bits per heavy atom. The number of nitrogens with one attached hydrogen (secondary N) is 1. The number of fused-ring (bicyclic) bond motifs is 2. The molecule has 0 saturated heterocycles. The molecule has 0 atom stereocenters. The molecule has 0 aliphatic heterocycles. The van der Waals surface area contributed by atoms with E-state index in [1.807, 2.05) is 6.92 Å².